The monoisotopic (exact) mass is 312 g/mol. The summed E-state index contributed by atoms with van der Waals surface area (Å²) >= 11 is 7.90. The van der Waals surface area contributed by atoms with E-state index in [9.17, 15) is 4.79 Å². The van der Waals surface area contributed by atoms with Crippen LogP contribution in [0.5, 0.6) is 5.75 Å². The molecule has 0 saturated heterocycles. The number of aryl methyl sites for hydroxylation is 1. The summed E-state index contributed by atoms with van der Waals surface area (Å²) in [5, 5.41) is 1.26. The molecule has 1 aliphatic rings. The fraction of sp³-hybridized carbons (Fsp3) is 0.562. The topological polar surface area (TPSA) is 26.3 Å². The molecule has 1 fully saturated rings. The highest BCUT2D eigenvalue weighted by Gasteiger charge is 2.18. The second-order valence-electron chi connectivity index (χ2n) is 5.30. The van der Waals surface area contributed by atoms with Crippen LogP contribution in [0.15, 0.2) is 12.1 Å². The van der Waals surface area contributed by atoms with Crippen molar-refractivity contribution in [3.8, 4) is 5.75 Å². The number of ether oxygens (including phenoxy) is 1. The summed E-state index contributed by atoms with van der Waals surface area (Å²) in [6, 6.07) is 3.57. The highest BCUT2D eigenvalue weighted by Crippen LogP contribution is 2.31. The number of ketones is 1. The maximum Gasteiger partial charge on any atom is 0.176 e. The molecule has 4 heteroatoms. The summed E-state index contributed by atoms with van der Waals surface area (Å²) < 4.78 is 5.31. The molecule has 0 aromatic heterocycles. The molecule has 1 saturated carbocycles. The Hall–Kier alpha value is -0.670. The molecule has 0 bridgehead atoms. The molecule has 0 radical (unpaired) electrons. The second kappa shape index (κ2) is 7.37. The van der Waals surface area contributed by atoms with E-state index in [0.29, 0.717) is 27.3 Å². The molecular formula is C16H21ClO2S. The lowest BCUT2D eigenvalue weighted by Crippen LogP contribution is -2.13. The van der Waals surface area contributed by atoms with Gasteiger partial charge < -0.3 is 4.74 Å². The first-order chi connectivity index (χ1) is 9.61. The Morgan fingerprint density at radius 3 is 2.70 bits per heavy atom. The van der Waals surface area contributed by atoms with Gasteiger partial charge in [-0.2, -0.15) is 11.8 Å². The molecule has 1 aromatic carbocycles. The normalized spacial score (nSPS) is 16.1. The van der Waals surface area contributed by atoms with Crippen molar-refractivity contribution in [3.05, 3.63) is 28.3 Å². The van der Waals surface area contributed by atoms with E-state index in [4.69, 9.17) is 16.3 Å². The highest BCUT2D eigenvalue weighted by atomic mass is 35.5. The van der Waals surface area contributed by atoms with E-state index >= 15 is 0 Å². The minimum Gasteiger partial charge on any atom is -0.496 e. The molecule has 20 heavy (non-hydrogen) atoms. The molecule has 0 atom stereocenters. The van der Waals surface area contributed by atoms with Gasteiger partial charge in [0.1, 0.15) is 5.75 Å². The average Bonchev–Trinajstić information content (AvgIpc) is 2.48. The maximum absolute atomic E-state index is 12.4. The van der Waals surface area contributed by atoms with Gasteiger partial charge in [-0.3, -0.25) is 4.79 Å². The van der Waals surface area contributed by atoms with E-state index in [1.165, 1.54) is 32.1 Å². The van der Waals surface area contributed by atoms with Crippen LogP contribution in [0.1, 0.15) is 48.0 Å². The smallest absolute Gasteiger partial charge is 0.176 e. The number of benzene rings is 1. The largest absolute Gasteiger partial charge is 0.496 e. The number of halogens is 1. The van der Waals surface area contributed by atoms with Gasteiger partial charge in [0.05, 0.1) is 18.4 Å². The number of methoxy groups -OCH3 is 1. The first-order valence-corrected chi connectivity index (χ1v) is 8.53. The number of carbonyl (C=O) groups excluding carboxylic acids is 1. The van der Waals surface area contributed by atoms with Crippen LogP contribution in [-0.4, -0.2) is 23.9 Å². The molecular weight excluding hydrogens is 292 g/mol. The summed E-state index contributed by atoms with van der Waals surface area (Å²) in [6.07, 6.45) is 6.41. The van der Waals surface area contributed by atoms with Gasteiger partial charge >= 0.3 is 0 Å². The lowest BCUT2D eigenvalue weighted by molar-refractivity contribution is 0.101. The summed E-state index contributed by atoms with van der Waals surface area (Å²) in [5.41, 5.74) is 1.53. The Balaban J connectivity index is 2.02. The SMILES string of the molecule is COc1cc(C)c(Cl)cc1C(=O)CSC1CCCCC1. The Bertz CT molecular complexity index is 482. The van der Waals surface area contributed by atoms with Crippen LogP contribution in [0.25, 0.3) is 0 Å². The third-order valence-electron chi connectivity index (χ3n) is 3.78. The third kappa shape index (κ3) is 3.92. The molecule has 1 aliphatic carbocycles. The lowest BCUT2D eigenvalue weighted by Gasteiger charge is -2.20. The van der Waals surface area contributed by atoms with Crippen LogP contribution < -0.4 is 4.74 Å². The van der Waals surface area contributed by atoms with Gasteiger partial charge in [-0.25, -0.2) is 0 Å². The van der Waals surface area contributed by atoms with Gasteiger partial charge in [0.15, 0.2) is 5.78 Å². The van der Waals surface area contributed by atoms with Gasteiger partial charge in [0.2, 0.25) is 0 Å². The Kier molecular flexibility index (Phi) is 5.79. The summed E-state index contributed by atoms with van der Waals surface area (Å²) in [6.45, 7) is 1.91. The van der Waals surface area contributed by atoms with Crippen molar-refractivity contribution in [3.63, 3.8) is 0 Å². The Morgan fingerprint density at radius 1 is 1.35 bits per heavy atom. The molecule has 110 valence electrons. The van der Waals surface area contributed by atoms with Crippen LogP contribution in [-0.2, 0) is 0 Å². The van der Waals surface area contributed by atoms with E-state index in [1.54, 1.807) is 24.9 Å². The van der Waals surface area contributed by atoms with E-state index in [2.05, 4.69) is 0 Å². The third-order valence-corrected chi connectivity index (χ3v) is 5.56. The number of Topliss-reactive ketones (excluding diaryl/α,β-unsaturated/α-hetero) is 1. The van der Waals surface area contributed by atoms with Crippen molar-refractivity contribution >= 4 is 29.1 Å². The minimum absolute atomic E-state index is 0.110. The molecule has 2 nitrogen and oxygen atoms in total. The molecule has 0 N–H and O–H groups in total. The number of hydrogen-bond acceptors (Lipinski definition) is 3. The molecule has 0 spiro atoms. The molecule has 0 unspecified atom stereocenters. The van der Waals surface area contributed by atoms with Gasteiger partial charge in [0.25, 0.3) is 0 Å². The number of carbonyl (C=O) groups is 1. The van der Waals surface area contributed by atoms with Crippen LogP contribution in [0.4, 0.5) is 0 Å². The predicted molar refractivity (Wildman–Crippen MR) is 86.4 cm³/mol. The van der Waals surface area contributed by atoms with Crippen LogP contribution in [0.2, 0.25) is 5.02 Å². The molecule has 1 aromatic rings. The van der Waals surface area contributed by atoms with Crippen LogP contribution >= 0.6 is 23.4 Å². The van der Waals surface area contributed by atoms with Gasteiger partial charge in [0, 0.05) is 10.3 Å². The van der Waals surface area contributed by atoms with E-state index in [1.807, 2.05) is 13.0 Å². The van der Waals surface area contributed by atoms with Crippen LogP contribution in [0, 0.1) is 6.92 Å². The average molecular weight is 313 g/mol. The van der Waals surface area contributed by atoms with E-state index in [0.717, 1.165) is 5.56 Å². The zero-order valence-corrected chi connectivity index (χ0v) is 13.6. The number of hydrogen-bond donors (Lipinski definition) is 0. The number of rotatable bonds is 5. The van der Waals surface area contributed by atoms with Crippen molar-refractivity contribution in [2.24, 2.45) is 0 Å². The quantitative estimate of drug-likeness (QED) is 0.723. The second-order valence-corrected chi connectivity index (χ2v) is 6.99. The zero-order valence-electron chi connectivity index (χ0n) is 12.1. The standard InChI is InChI=1S/C16H21ClO2S/c1-11-8-16(19-2)13(9-14(11)17)15(18)10-20-12-6-4-3-5-7-12/h8-9,12H,3-7,10H2,1-2H3. The molecule has 0 heterocycles. The van der Waals surface area contributed by atoms with Crippen molar-refractivity contribution in [2.75, 3.05) is 12.9 Å². The number of thioether (sulfide) groups is 1. The maximum atomic E-state index is 12.4. The van der Waals surface area contributed by atoms with Gasteiger partial charge in [-0.15, -0.1) is 0 Å². The molecule has 0 amide bonds. The summed E-state index contributed by atoms with van der Waals surface area (Å²) in [4.78, 5) is 12.4. The van der Waals surface area contributed by atoms with E-state index in [-0.39, 0.29) is 5.78 Å². The summed E-state index contributed by atoms with van der Waals surface area (Å²) in [7, 11) is 1.59. The van der Waals surface area contributed by atoms with Crippen molar-refractivity contribution < 1.29 is 9.53 Å². The Morgan fingerprint density at radius 2 is 2.05 bits per heavy atom. The predicted octanol–water partition coefficient (Wildman–Crippen LogP) is 4.91. The van der Waals surface area contributed by atoms with Crippen molar-refractivity contribution in [1.82, 2.24) is 0 Å². The fourth-order valence-electron chi connectivity index (χ4n) is 2.54. The minimum atomic E-state index is 0.110. The summed E-state index contributed by atoms with van der Waals surface area (Å²) in [5.74, 6) is 1.25. The van der Waals surface area contributed by atoms with Gasteiger partial charge in [-0.05, 0) is 37.5 Å². The molecule has 2 rings (SSSR count). The lowest BCUT2D eigenvalue weighted by atomic mass is 10.0. The van der Waals surface area contributed by atoms with Crippen LogP contribution in [0.3, 0.4) is 0 Å². The highest BCUT2D eigenvalue weighted by molar-refractivity contribution is 8.00. The Labute approximate surface area is 130 Å². The van der Waals surface area contributed by atoms with E-state index < -0.39 is 0 Å². The van der Waals surface area contributed by atoms with Gasteiger partial charge in [-0.1, -0.05) is 30.9 Å². The first-order valence-electron chi connectivity index (χ1n) is 7.10. The van der Waals surface area contributed by atoms with Crippen molar-refractivity contribution in [1.29, 1.82) is 0 Å². The fourth-order valence-corrected chi connectivity index (χ4v) is 3.92. The van der Waals surface area contributed by atoms with Crippen molar-refractivity contribution in [2.45, 2.75) is 44.3 Å². The molecule has 0 aliphatic heterocycles. The zero-order chi connectivity index (χ0) is 14.5. The first kappa shape index (κ1) is 15.7.